The number of aryl methyl sites for hydroxylation is 1. The fraction of sp³-hybridized carbons (Fsp3) is 0.308. The van der Waals surface area contributed by atoms with Crippen molar-refractivity contribution in [2.24, 2.45) is 0 Å². The van der Waals surface area contributed by atoms with E-state index < -0.39 is 10.3 Å². The first kappa shape index (κ1) is 14.8. The van der Waals surface area contributed by atoms with Crippen molar-refractivity contribution in [1.82, 2.24) is 4.98 Å². The van der Waals surface area contributed by atoms with Crippen molar-refractivity contribution < 1.29 is 12.6 Å². The molecular formula is C13H16N2O3S2. The lowest BCUT2D eigenvalue weighted by Crippen LogP contribution is -2.35. The summed E-state index contributed by atoms with van der Waals surface area (Å²) in [6.07, 6.45) is 2.26. The summed E-state index contributed by atoms with van der Waals surface area (Å²) in [7, 11) is -3.90. The van der Waals surface area contributed by atoms with Crippen LogP contribution in [0.4, 0.5) is 5.69 Å². The topological polar surface area (TPSA) is 59.5 Å². The third-order valence-corrected chi connectivity index (χ3v) is 4.90. The first-order chi connectivity index (χ1) is 9.58. The first-order valence-corrected chi connectivity index (χ1v) is 8.52. The maximum atomic E-state index is 12.4. The van der Waals surface area contributed by atoms with Crippen LogP contribution in [0.25, 0.3) is 0 Å². The molecule has 0 amide bonds. The largest absolute Gasteiger partial charge is 0.412 e. The van der Waals surface area contributed by atoms with Gasteiger partial charge in [-0.3, -0.25) is 0 Å². The second-order valence-corrected chi connectivity index (χ2v) is 6.31. The molecule has 0 aliphatic heterocycles. The minimum Gasteiger partial charge on any atom is -0.336 e. The Balaban J connectivity index is 2.36. The zero-order valence-electron chi connectivity index (χ0n) is 11.3. The second-order valence-electron chi connectivity index (χ2n) is 3.99. The maximum Gasteiger partial charge on any atom is 0.412 e. The van der Waals surface area contributed by atoms with Gasteiger partial charge in [-0.15, -0.1) is 0 Å². The van der Waals surface area contributed by atoms with Gasteiger partial charge in [0.05, 0.1) is 5.69 Å². The smallest absolute Gasteiger partial charge is 0.336 e. The van der Waals surface area contributed by atoms with E-state index in [0.29, 0.717) is 12.2 Å². The number of anilines is 1. The van der Waals surface area contributed by atoms with E-state index in [1.807, 2.05) is 25.1 Å². The summed E-state index contributed by atoms with van der Waals surface area (Å²) in [6.45, 7) is 4.06. The molecule has 7 heteroatoms. The van der Waals surface area contributed by atoms with Crippen LogP contribution in [0.5, 0.6) is 5.19 Å². The minimum atomic E-state index is -3.90. The SMILES string of the molecule is CCc1ccccc1N(CC)S(=O)(=O)Oc1nccs1. The molecule has 0 spiro atoms. The van der Waals surface area contributed by atoms with Gasteiger partial charge in [-0.05, 0) is 25.0 Å². The fourth-order valence-electron chi connectivity index (χ4n) is 1.89. The number of nitrogens with zero attached hydrogens (tertiary/aromatic N) is 2. The van der Waals surface area contributed by atoms with Crippen molar-refractivity contribution in [2.75, 3.05) is 10.8 Å². The van der Waals surface area contributed by atoms with Crippen molar-refractivity contribution in [3.8, 4) is 5.19 Å². The highest BCUT2D eigenvalue weighted by atomic mass is 32.2. The normalized spacial score (nSPS) is 11.3. The lowest BCUT2D eigenvalue weighted by atomic mass is 10.1. The Morgan fingerprint density at radius 3 is 2.65 bits per heavy atom. The summed E-state index contributed by atoms with van der Waals surface area (Å²) in [4.78, 5) is 3.84. The van der Waals surface area contributed by atoms with Gasteiger partial charge in [0.25, 0.3) is 5.19 Å². The minimum absolute atomic E-state index is 0.123. The zero-order chi connectivity index (χ0) is 14.6. The molecule has 5 nitrogen and oxygen atoms in total. The average Bonchev–Trinajstić information content (AvgIpc) is 2.92. The van der Waals surface area contributed by atoms with E-state index in [4.69, 9.17) is 4.18 Å². The van der Waals surface area contributed by atoms with E-state index in [1.54, 1.807) is 18.4 Å². The van der Waals surface area contributed by atoms with E-state index in [1.165, 1.54) is 10.5 Å². The van der Waals surface area contributed by atoms with Gasteiger partial charge in [0.1, 0.15) is 0 Å². The molecule has 0 aliphatic carbocycles. The average molecular weight is 312 g/mol. The summed E-state index contributed by atoms with van der Waals surface area (Å²) < 4.78 is 31.0. The maximum absolute atomic E-state index is 12.4. The Morgan fingerprint density at radius 1 is 1.30 bits per heavy atom. The summed E-state index contributed by atoms with van der Waals surface area (Å²) in [6, 6.07) is 7.41. The molecular weight excluding hydrogens is 296 g/mol. The Hall–Kier alpha value is -1.60. The predicted octanol–water partition coefficient (Wildman–Crippen LogP) is 2.86. The predicted molar refractivity (Wildman–Crippen MR) is 80.5 cm³/mol. The van der Waals surface area contributed by atoms with Gasteiger partial charge in [0.15, 0.2) is 0 Å². The summed E-state index contributed by atoms with van der Waals surface area (Å²) in [5.41, 5.74) is 1.61. The Labute approximate surface area is 123 Å². The highest BCUT2D eigenvalue weighted by molar-refractivity contribution is 7.88. The molecule has 20 heavy (non-hydrogen) atoms. The van der Waals surface area contributed by atoms with Crippen molar-refractivity contribution in [2.45, 2.75) is 20.3 Å². The Morgan fingerprint density at radius 2 is 2.05 bits per heavy atom. The van der Waals surface area contributed by atoms with Gasteiger partial charge in [-0.25, -0.2) is 9.29 Å². The van der Waals surface area contributed by atoms with Crippen LogP contribution < -0.4 is 8.49 Å². The molecule has 2 rings (SSSR count). The number of aromatic nitrogens is 1. The van der Waals surface area contributed by atoms with Gasteiger partial charge >= 0.3 is 10.3 Å². The molecule has 2 aromatic rings. The van der Waals surface area contributed by atoms with Crippen LogP contribution in [0, 0.1) is 0 Å². The number of thiazole rings is 1. The van der Waals surface area contributed by atoms with Crippen molar-refractivity contribution >= 4 is 27.3 Å². The third kappa shape index (κ3) is 3.10. The van der Waals surface area contributed by atoms with Gasteiger partial charge in [0.2, 0.25) is 0 Å². The number of rotatable bonds is 6. The first-order valence-electron chi connectivity index (χ1n) is 6.28. The Kier molecular flexibility index (Phi) is 4.61. The van der Waals surface area contributed by atoms with Crippen molar-refractivity contribution in [3.63, 3.8) is 0 Å². The van der Waals surface area contributed by atoms with E-state index in [0.717, 1.165) is 23.3 Å². The number of hydrogen-bond acceptors (Lipinski definition) is 5. The van der Waals surface area contributed by atoms with Crippen LogP contribution >= 0.6 is 11.3 Å². The van der Waals surface area contributed by atoms with E-state index in [-0.39, 0.29) is 5.19 Å². The second kappa shape index (κ2) is 6.23. The van der Waals surface area contributed by atoms with Gasteiger partial charge in [0, 0.05) is 18.1 Å². The van der Waals surface area contributed by atoms with E-state index in [2.05, 4.69) is 4.98 Å². The van der Waals surface area contributed by atoms with Gasteiger partial charge < -0.3 is 4.18 Å². The van der Waals surface area contributed by atoms with Crippen LogP contribution in [0.15, 0.2) is 35.8 Å². The van der Waals surface area contributed by atoms with Gasteiger partial charge in [-0.2, -0.15) is 8.42 Å². The molecule has 1 heterocycles. The number of para-hydroxylation sites is 1. The molecule has 0 N–H and O–H groups in total. The molecule has 0 aliphatic rings. The van der Waals surface area contributed by atoms with Gasteiger partial charge in [-0.1, -0.05) is 36.5 Å². The molecule has 0 radical (unpaired) electrons. The van der Waals surface area contributed by atoms with E-state index >= 15 is 0 Å². The number of benzene rings is 1. The quantitative estimate of drug-likeness (QED) is 0.823. The lowest BCUT2D eigenvalue weighted by molar-refractivity contribution is 0.480. The van der Waals surface area contributed by atoms with Crippen LogP contribution in [-0.4, -0.2) is 19.9 Å². The van der Waals surface area contributed by atoms with Crippen molar-refractivity contribution in [3.05, 3.63) is 41.4 Å². The highest BCUT2D eigenvalue weighted by Gasteiger charge is 2.25. The molecule has 108 valence electrons. The molecule has 0 atom stereocenters. The summed E-state index contributed by atoms with van der Waals surface area (Å²) in [5, 5.41) is 1.79. The molecule has 0 saturated heterocycles. The zero-order valence-corrected chi connectivity index (χ0v) is 12.9. The third-order valence-electron chi connectivity index (χ3n) is 2.78. The monoisotopic (exact) mass is 312 g/mol. The molecule has 0 unspecified atom stereocenters. The standard InChI is InChI=1S/C13H16N2O3S2/c1-3-11-7-5-6-8-12(11)15(4-2)20(16,17)18-13-14-9-10-19-13/h5-10H,3-4H2,1-2H3. The molecule has 0 saturated carbocycles. The van der Waals surface area contributed by atoms with E-state index in [9.17, 15) is 8.42 Å². The van der Waals surface area contributed by atoms with Crippen LogP contribution in [0.3, 0.4) is 0 Å². The fourth-order valence-corrected chi connectivity index (χ4v) is 3.71. The van der Waals surface area contributed by atoms with Crippen molar-refractivity contribution in [1.29, 1.82) is 0 Å². The Bertz CT molecular complexity index is 654. The molecule has 1 aromatic heterocycles. The van der Waals surface area contributed by atoms with Crippen LogP contribution in [0.1, 0.15) is 19.4 Å². The molecule has 1 aromatic carbocycles. The summed E-state index contributed by atoms with van der Waals surface area (Å²) in [5.74, 6) is 0. The molecule has 0 fully saturated rings. The highest BCUT2D eigenvalue weighted by Crippen LogP contribution is 2.26. The summed E-state index contributed by atoms with van der Waals surface area (Å²) >= 11 is 1.14. The number of hydrogen-bond donors (Lipinski definition) is 0. The van der Waals surface area contributed by atoms with Crippen LogP contribution in [0.2, 0.25) is 0 Å². The van der Waals surface area contributed by atoms with Crippen LogP contribution in [-0.2, 0) is 16.7 Å². The molecule has 0 bridgehead atoms. The lowest BCUT2D eigenvalue weighted by Gasteiger charge is -2.23.